The molecule has 0 radical (unpaired) electrons. The van der Waals surface area contributed by atoms with E-state index in [4.69, 9.17) is 0 Å². The molecule has 0 saturated heterocycles. The number of nitrogens with zero attached hydrogens (tertiary/aromatic N) is 1. The highest BCUT2D eigenvalue weighted by Gasteiger charge is 2.04. The van der Waals surface area contributed by atoms with Crippen LogP contribution in [0.1, 0.15) is 10.4 Å². The number of aldehydes is 1. The molecule has 0 saturated carbocycles. The summed E-state index contributed by atoms with van der Waals surface area (Å²) in [5, 5.41) is 4.03. The highest BCUT2D eigenvalue weighted by atomic mass is 79.9. The molecule has 2 aromatic rings. The lowest BCUT2D eigenvalue weighted by molar-refractivity contribution is 0.112. The van der Waals surface area contributed by atoms with Crippen molar-refractivity contribution in [3.05, 3.63) is 39.3 Å². The number of halogens is 1. The van der Waals surface area contributed by atoms with Gasteiger partial charge in [0, 0.05) is 38.9 Å². The number of carbonyl (C=O) groups is 1. The van der Waals surface area contributed by atoms with Crippen molar-refractivity contribution in [1.29, 1.82) is 0 Å². The molecule has 70 valence electrons. The molecule has 0 aromatic carbocycles. The second-order valence-electron chi connectivity index (χ2n) is 2.76. The van der Waals surface area contributed by atoms with E-state index in [2.05, 4.69) is 20.9 Å². The molecule has 2 heterocycles. The van der Waals surface area contributed by atoms with E-state index >= 15 is 0 Å². The first kappa shape index (κ1) is 9.55. The molecule has 0 aliphatic carbocycles. The summed E-state index contributed by atoms with van der Waals surface area (Å²) in [5.74, 6) is 0. The highest BCUT2D eigenvalue weighted by molar-refractivity contribution is 9.10. The normalized spacial score (nSPS) is 10.1. The molecule has 0 aliphatic rings. The van der Waals surface area contributed by atoms with Gasteiger partial charge < -0.3 is 0 Å². The lowest BCUT2D eigenvalue weighted by Gasteiger charge is -1.98. The Morgan fingerprint density at radius 1 is 1.36 bits per heavy atom. The highest BCUT2D eigenvalue weighted by Crippen LogP contribution is 2.31. The molecule has 0 N–H and O–H groups in total. The Labute approximate surface area is 93.7 Å². The maximum absolute atomic E-state index is 10.6. The Morgan fingerprint density at radius 3 is 2.86 bits per heavy atom. The molecule has 4 heteroatoms. The fourth-order valence-corrected chi connectivity index (χ4v) is 2.69. The quantitative estimate of drug-likeness (QED) is 0.781. The number of thiophene rings is 1. The molecule has 0 aliphatic heterocycles. The minimum atomic E-state index is 0.598. The zero-order valence-corrected chi connectivity index (χ0v) is 9.51. The van der Waals surface area contributed by atoms with Gasteiger partial charge in [-0.05, 0) is 27.4 Å². The van der Waals surface area contributed by atoms with Crippen molar-refractivity contribution in [2.75, 3.05) is 0 Å². The Hall–Kier alpha value is -1.00. The Kier molecular flexibility index (Phi) is 2.74. The lowest BCUT2D eigenvalue weighted by atomic mass is 10.1. The summed E-state index contributed by atoms with van der Waals surface area (Å²) < 4.78 is 1.03. The van der Waals surface area contributed by atoms with Crippen LogP contribution < -0.4 is 0 Å². The van der Waals surface area contributed by atoms with Gasteiger partial charge in [-0.2, -0.15) is 11.3 Å². The number of aromatic nitrogens is 1. The average Bonchev–Trinajstić information content (AvgIpc) is 2.65. The van der Waals surface area contributed by atoms with Gasteiger partial charge in [0.2, 0.25) is 0 Å². The second kappa shape index (κ2) is 4.02. The van der Waals surface area contributed by atoms with E-state index in [1.165, 1.54) is 0 Å². The first-order valence-corrected chi connectivity index (χ1v) is 5.67. The second-order valence-corrected chi connectivity index (χ2v) is 4.36. The maximum atomic E-state index is 10.6. The topological polar surface area (TPSA) is 30.0 Å². The van der Waals surface area contributed by atoms with Crippen LogP contribution in [0.3, 0.4) is 0 Å². The summed E-state index contributed by atoms with van der Waals surface area (Å²) in [6, 6.07) is 1.83. The van der Waals surface area contributed by atoms with E-state index in [0.29, 0.717) is 5.56 Å². The van der Waals surface area contributed by atoms with Crippen molar-refractivity contribution in [1.82, 2.24) is 4.98 Å². The summed E-state index contributed by atoms with van der Waals surface area (Å²) in [4.78, 5) is 14.6. The van der Waals surface area contributed by atoms with Crippen molar-refractivity contribution >= 4 is 33.6 Å². The van der Waals surface area contributed by atoms with E-state index in [9.17, 15) is 4.79 Å². The van der Waals surface area contributed by atoms with Crippen LogP contribution in [-0.4, -0.2) is 11.3 Å². The van der Waals surface area contributed by atoms with Gasteiger partial charge in [0.15, 0.2) is 6.29 Å². The van der Waals surface area contributed by atoms with E-state index in [1.807, 2.05) is 16.8 Å². The molecule has 2 rings (SSSR count). The van der Waals surface area contributed by atoms with Crippen LogP contribution in [-0.2, 0) is 0 Å². The van der Waals surface area contributed by atoms with Crippen LogP contribution in [0.25, 0.3) is 11.1 Å². The summed E-state index contributed by atoms with van der Waals surface area (Å²) in [6.45, 7) is 0. The van der Waals surface area contributed by atoms with E-state index < -0.39 is 0 Å². The monoisotopic (exact) mass is 267 g/mol. The summed E-state index contributed by atoms with van der Waals surface area (Å²) in [7, 11) is 0. The van der Waals surface area contributed by atoms with Gasteiger partial charge in [-0.25, -0.2) is 0 Å². The predicted molar refractivity (Wildman–Crippen MR) is 60.6 cm³/mol. The number of pyridine rings is 1. The summed E-state index contributed by atoms with van der Waals surface area (Å²) in [6.07, 6.45) is 4.10. The molecule has 0 bridgehead atoms. The van der Waals surface area contributed by atoms with Gasteiger partial charge >= 0.3 is 0 Å². The van der Waals surface area contributed by atoms with Crippen LogP contribution >= 0.6 is 27.3 Å². The van der Waals surface area contributed by atoms with Crippen LogP contribution in [0.2, 0.25) is 0 Å². The third-order valence-electron chi connectivity index (χ3n) is 1.82. The van der Waals surface area contributed by atoms with Crippen LogP contribution in [0.5, 0.6) is 0 Å². The Balaban J connectivity index is 2.52. The third-order valence-corrected chi connectivity index (χ3v) is 3.52. The van der Waals surface area contributed by atoms with Crippen molar-refractivity contribution in [2.24, 2.45) is 0 Å². The van der Waals surface area contributed by atoms with Gasteiger partial charge in [0.05, 0.1) is 0 Å². The SMILES string of the molecule is O=Cc1cncc(-c2cscc2Br)c1. The minimum Gasteiger partial charge on any atom is -0.298 e. The number of carbonyl (C=O) groups excluding carboxylic acids is 1. The number of hydrogen-bond donors (Lipinski definition) is 0. The molecule has 2 nitrogen and oxygen atoms in total. The van der Waals surface area contributed by atoms with Gasteiger partial charge in [-0.15, -0.1) is 0 Å². The summed E-state index contributed by atoms with van der Waals surface area (Å²) in [5.41, 5.74) is 2.63. The molecule has 0 spiro atoms. The molecular formula is C10H6BrNOS. The minimum absolute atomic E-state index is 0.598. The molecule has 0 atom stereocenters. The molecule has 0 unspecified atom stereocenters. The van der Waals surface area contributed by atoms with Crippen molar-refractivity contribution in [2.45, 2.75) is 0 Å². The van der Waals surface area contributed by atoms with Crippen LogP contribution in [0, 0.1) is 0 Å². The first-order valence-electron chi connectivity index (χ1n) is 3.93. The van der Waals surface area contributed by atoms with Crippen molar-refractivity contribution in [3.63, 3.8) is 0 Å². The maximum Gasteiger partial charge on any atom is 0.151 e. The molecule has 2 aromatic heterocycles. The van der Waals surface area contributed by atoms with Gasteiger partial charge in [-0.3, -0.25) is 9.78 Å². The van der Waals surface area contributed by atoms with Crippen LogP contribution in [0.15, 0.2) is 33.7 Å². The van der Waals surface area contributed by atoms with E-state index in [1.54, 1.807) is 23.7 Å². The van der Waals surface area contributed by atoms with Crippen molar-refractivity contribution < 1.29 is 4.79 Å². The third kappa shape index (κ3) is 1.76. The van der Waals surface area contributed by atoms with Gasteiger partial charge in [-0.1, -0.05) is 0 Å². The lowest BCUT2D eigenvalue weighted by Crippen LogP contribution is -1.84. The smallest absolute Gasteiger partial charge is 0.151 e. The molecule has 0 amide bonds. The Morgan fingerprint density at radius 2 is 2.21 bits per heavy atom. The number of rotatable bonds is 2. The summed E-state index contributed by atoms with van der Waals surface area (Å²) >= 11 is 5.06. The zero-order valence-electron chi connectivity index (χ0n) is 7.11. The Bertz CT molecular complexity index is 467. The molecular weight excluding hydrogens is 262 g/mol. The average molecular weight is 268 g/mol. The first-order chi connectivity index (χ1) is 6.81. The van der Waals surface area contributed by atoms with Gasteiger partial charge in [0.1, 0.15) is 0 Å². The van der Waals surface area contributed by atoms with Crippen molar-refractivity contribution in [3.8, 4) is 11.1 Å². The van der Waals surface area contributed by atoms with Crippen LogP contribution in [0.4, 0.5) is 0 Å². The standard InChI is InChI=1S/C10H6BrNOS/c11-10-6-14-5-9(10)8-1-7(4-13)2-12-3-8/h1-6H. The van der Waals surface area contributed by atoms with E-state index in [-0.39, 0.29) is 0 Å². The van der Waals surface area contributed by atoms with Gasteiger partial charge in [0.25, 0.3) is 0 Å². The largest absolute Gasteiger partial charge is 0.298 e. The molecule has 14 heavy (non-hydrogen) atoms. The van der Waals surface area contributed by atoms with E-state index in [0.717, 1.165) is 21.9 Å². The fraction of sp³-hybridized carbons (Fsp3) is 0. The fourth-order valence-electron chi connectivity index (χ4n) is 1.16. The molecule has 0 fully saturated rings. The number of hydrogen-bond acceptors (Lipinski definition) is 3. The predicted octanol–water partition coefficient (Wildman–Crippen LogP) is 3.39. The zero-order chi connectivity index (χ0) is 9.97.